The minimum Gasteiger partial charge on any atom is -0.329 e. The van der Waals surface area contributed by atoms with Crippen molar-refractivity contribution in [1.29, 1.82) is 0 Å². The molecule has 7 heteroatoms. The summed E-state index contributed by atoms with van der Waals surface area (Å²) in [6, 6.07) is 9.53. The molecule has 2 aliphatic heterocycles. The molecule has 2 amide bonds. The van der Waals surface area contributed by atoms with E-state index in [1.165, 1.54) is 24.6 Å². The van der Waals surface area contributed by atoms with Crippen molar-refractivity contribution < 1.29 is 14.0 Å². The Balaban J connectivity index is 1.26. The molecule has 34 heavy (non-hydrogen) atoms. The first-order chi connectivity index (χ1) is 16.5. The molecule has 5 rings (SSSR count). The zero-order valence-electron chi connectivity index (χ0n) is 19.4. The SMILES string of the molecule is C=C1CCC(N2Cc3cc(C[C@H]4CCCC[C@@H]4NCc4cccnc4F)ccc3C2=O)C(=O)N1. The Labute approximate surface area is 199 Å². The van der Waals surface area contributed by atoms with E-state index in [-0.39, 0.29) is 11.8 Å². The Bertz CT molecular complexity index is 1120. The molecule has 6 nitrogen and oxygen atoms in total. The average Bonchev–Trinajstić information content (AvgIpc) is 3.15. The highest BCUT2D eigenvalue weighted by atomic mass is 19.1. The van der Waals surface area contributed by atoms with Crippen molar-refractivity contribution in [3.8, 4) is 0 Å². The highest BCUT2D eigenvalue weighted by molar-refractivity contribution is 6.01. The van der Waals surface area contributed by atoms with Crippen LogP contribution in [0.5, 0.6) is 0 Å². The van der Waals surface area contributed by atoms with Gasteiger partial charge in [0.05, 0.1) is 0 Å². The van der Waals surface area contributed by atoms with Gasteiger partial charge in [-0.15, -0.1) is 0 Å². The molecule has 0 radical (unpaired) electrons. The number of aromatic nitrogens is 1. The summed E-state index contributed by atoms with van der Waals surface area (Å²) in [5, 5.41) is 6.36. The maximum Gasteiger partial charge on any atom is 0.255 e. The number of carbonyl (C=O) groups excluding carboxylic acids is 2. The van der Waals surface area contributed by atoms with Crippen LogP contribution in [0, 0.1) is 11.9 Å². The molecule has 1 aromatic carbocycles. The molecular weight excluding hydrogens is 431 g/mol. The van der Waals surface area contributed by atoms with Crippen molar-refractivity contribution >= 4 is 11.8 Å². The summed E-state index contributed by atoms with van der Waals surface area (Å²) in [4.78, 5) is 30.9. The fraction of sp³-hybridized carbons (Fsp3) is 0.444. The van der Waals surface area contributed by atoms with Crippen LogP contribution in [0.1, 0.15) is 65.6 Å². The Morgan fingerprint density at radius 1 is 1.18 bits per heavy atom. The Morgan fingerprint density at radius 3 is 2.85 bits per heavy atom. The Hall–Kier alpha value is -3.06. The average molecular weight is 463 g/mol. The van der Waals surface area contributed by atoms with Gasteiger partial charge < -0.3 is 15.5 Å². The molecule has 2 fully saturated rings. The molecule has 178 valence electrons. The predicted molar refractivity (Wildman–Crippen MR) is 127 cm³/mol. The van der Waals surface area contributed by atoms with Gasteiger partial charge >= 0.3 is 0 Å². The number of carbonyl (C=O) groups is 2. The van der Waals surface area contributed by atoms with Gasteiger partial charge in [0.2, 0.25) is 11.9 Å². The summed E-state index contributed by atoms with van der Waals surface area (Å²) in [6.07, 6.45) is 8.27. The molecule has 3 atom stereocenters. The third-order valence-electron chi connectivity index (χ3n) is 7.50. The number of benzene rings is 1. The molecule has 0 spiro atoms. The van der Waals surface area contributed by atoms with Crippen LogP contribution in [-0.2, 0) is 24.3 Å². The summed E-state index contributed by atoms with van der Waals surface area (Å²) in [6.45, 7) is 4.78. The van der Waals surface area contributed by atoms with E-state index in [0.717, 1.165) is 30.5 Å². The predicted octanol–water partition coefficient (Wildman–Crippen LogP) is 3.86. The molecule has 1 aliphatic carbocycles. The summed E-state index contributed by atoms with van der Waals surface area (Å²) >= 11 is 0. The number of pyridine rings is 1. The smallest absolute Gasteiger partial charge is 0.255 e. The standard InChI is InChI=1S/C27H31FN4O2/c1-17-8-11-24(26(33)31-17)32-16-21-14-18(9-10-22(21)27(32)34)13-19-5-2-3-7-23(19)30-15-20-6-4-12-29-25(20)28/h4,6,9-10,12,14,19,23-24,30H,1-3,5,7-8,11,13,15-16H2,(H,31,33)/t19-,23+,24?/m1/s1. The van der Waals surface area contributed by atoms with Gasteiger partial charge in [0.15, 0.2) is 0 Å². The number of amides is 2. The number of nitrogens with zero attached hydrogens (tertiary/aromatic N) is 2. The number of hydrogen-bond acceptors (Lipinski definition) is 4. The summed E-state index contributed by atoms with van der Waals surface area (Å²) in [5.41, 5.74) is 4.22. The lowest BCUT2D eigenvalue weighted by atomic mass is 9.80. The number of halogens is 1. The highest BCUT2D eigenvalue weighted by Gasteiger charge is 2.38. The third kappa shape index (κ3) is 4.62. The second kappa shape index (κ2) is 9.66. The van der Waals surface area contributed by atoms with Gasteiger partial charge in [0.25, 0.3) is 5.91 Å². The molecule has 1 aromatic heterocycles. The zero-order valence-corrected chi connectivity index (χ0v) is 19.4. The van der Waals surface area contributed by atoms with Gasteiger partial charge in [0.1, 0.15) is 6.04 Å². The van der Waals surface area contributed by atoms with E-state index < -0.39 is 12.0 Å². The van der Waals surface area contributed by atoms with E-state index in [2.05, 4.69) is 34.3 Å². The quantitative estimate of drug-likeness (QED) is 0.640. The van der Waals surface area contributed by atoms with E-state index >= 15 is 0 Å². The van der Waals surface area contributed by atoms with Gasteiger partial charge in [0, 0.05) is 42.2 Å². The van der Waals surface area contributed by atoms with Crippen molar-refractivity contribution in [2.75, 3.05) is 0 Å². The first-order valence-corrected chi connectivity index (χ1v) is 12.2. The highest BCUT2D eigenvalue weighted by Crippen LogP contribution is 2.32. The number of fused-ring (bicyclic) bond motifs is 1. The molecule has 3 heterocycles. The number of piperidine rings is 1. The number of allylic oxidation sites excluding steroid dienone is 1. The first-order valence-electron chi connectivity index (χ1n) is 12.2. The van der Waals surface area contributed by atoms with Gasteiger partial charge in [-0.25, -0.2) is 4.98 Å². The number of nitrogens with one attached hydrogen (secondary N) is 2. The van der Waals surface area contributed by atoms with Crippen molar-refractivity contribution in [2.24, 2.45) is 5.92 Å². The van der Waals surface area contributed by atoms with E-state index in [1.807, 2.05) is 6.07 Å². The van der Waals surface area contributed by atoms with Gasteiger partial charge in [-0.2, -0.15) is 4.39 Å². The van der Waals surface area contributed by atoms with Crippen LogP contribution in [0.15, 0.2) is 48.8 Å². The topological polar surface area (TPSA) is 74.3 Å². The van der Waals surface area contributed by atoms with Crippen LogP contribution in [0.2, 0.25) is 0 Å². The van der Waals surface area contributed by atoms with Gasteiger partial charge in [-0.1, -0.05) is 37.6 Å². The minimum absolute atomic E-state index is 0.0649. The monoisotopic (exact) mass is 462 g/mol. The molecule has 1 saturated heterocycles. The van der Waals surface area contributed by atoms with Crippen molar-refractivity contribution in [2.45, 2.75) is 70.1 Å². The maximum absolute atomic E-state index is 13.9. The summed E-state index contributed by atoms with van der Waals surface area (Å²) < 4.78 is 13.9. The molecule has 0 bridgehead atoms. The maximum atomic E-state index is 13.9. The van der Waals surface area contributed by atoms with Crippen molar-refractivity contribution in [3.63, 3.8) is 0 Å². The van der Waals surface area contributed by atoms with E-state index in [0.29, 0.717) is 49.0 Å². The minimum atomic E-state index is -0.436. The van der Waals surface area contributed by atoms with Crippen LogP contribution >= 0.6 is 0 Å². The largest absolute Gasteiger partial charge is 0.329 e. The Morgan fingerprint density at radius 2 is 2.03 bits per heavy atom. The lowest BCUT2D eigenvalue weighted by Gasteiger charge is -2.32. The number of hydrogen-bond donors (Lipinski definition) is 2. The fourth-order valence-electron chi connectivity index (χ4n) is 5.65. The zero-order chi connectivity index (χ0) is 23.7. The number of rotatable bonds is 6. The lowest BCUT2D eigenvalue weighted by molar-refractivity contribution is -0.126. The molecule has 2 N–H and O–H groups in total. The van der Waals surface area contributed by atoms with Crippen LogP contribution in [0.3, 0.4) is 0 Å². The lowest BCUT2D eigenvalue weighted by Crippen LogP contribution is -2.49. The Kier molecular flexibility index (Phi) is 6.46. The molecule has 1 unspecified atom stereocenters. The van der Waals surface area contributed by atoms with E-state index in [9.17, 15) is 14.0 Å². The summed E-state index contributed by atoms with van der Waals surface area (Å²) in [5.74, 6) is -0.162. The first kappa shape index (κ1) is 22.7. The second-order valence-corrected chi connectivity index (χ2v) is 9.76. The van der Waals surface area contributed by atoms with Crippen LogP contribution in [0.4, 0.5) is 4.39 Å². The third-order valence-corrected chi connectivity index (χ3v) is 7.50. The molecule has 1 saturated carbocycles. The van der Waals surface area contributed by atoms with Crippen LogP contribution in [-0.4, -0.2) is 33.8 Å². The van der Waals surface area contributed by atoms with Crippen LogP contribution < -0.4 is 10.6 Å². The fourth-order valence-corrected chi connectivity index (χ4v) is 5.65. The van der Waals surface area contributed by atoms with Crippen molar-refractivity contribution in [3.05, 3.63) is 77.0 Å². The van der Waals surface area contributed by atoms with E-state index in [1.54, 1.807) is 17.0 Å². The van der Waals surface area contributed by atoms with Crippen LogP contribution in [0.25, 0.3) is 0 Å². The second-order valence-electron chi connectivity index (χ2n) is 9.76. The summed E-state index contributed by atoms with van der Waals surface area (Å²) in [7, 11) is 0. The van der Waals surface area contributed by atoms with Crippen molar-refractivity contribution in [1.82, 2.24) is 20.5 Å². The van der Waals surface area contributed by atoms with Gasteiger partial charge in [-0.05, 0) is 61.3 Å². The molecule has 3 aliphatic rings. The van der Waals surface area contributed by atoms with Gasteiger partial charge in [-0.3, -0.25) is 9.59 Å². The normalized spacial score (nSPS) is 24.8. The van der Waals surface area contributed by atoms with E-state index in [4.69, 9.17) is 0 Å². The molecule has 2 aromatic rings. The molecular formula is C27H31FN4O2.